The van der Waals surface area contributed by atoms with Crippen LogP contribution in [0.4, 0.5) is 0 Å². The minimum Gasteiger partial charge on any atom is -0.339 e. The summed E-state index contributed by atoms with van der Waals surface area (Å²) >= 11 is 0. The summed E-state index contributed by atoms with van der Waals surface area (Å²) in [5.74, 6) is 0.343. The fourth-order valence-corrected chi connectivity index (χ4v) is 2.69. The zero-order chi connectivity index (χ0) is 10.7. The van der Waals surface area contributed by atoms with Gasteiger partial charge in [-0.05, 0) is 32.7 Å². The summed E-state index contributed by atoms with van der Waals surface area (Å²) in [6.07, 6.45) is 7.41. The van der Waals surface area contributed by atoms with Gasteiger partial charge in [-0.1, -0.05) is 19.3 Å². The number of hydrogen-bond donors (Lipinski definition) is 1. The number of nitrogens with zero attached hydrogens (tertiary/aromatic N) is 1. The number of carbonyl (C=O) groups excluding carboxylic acids is 1. The van der Waals surface area contributed by atoms with E-state index in [4.69, 9.17) is 0 Å². The molecule has 16 heavy (non-hydrogen) atoms. The molecule has 0 aromatic carbocycles. The Morgan fingerprint density at radius 2 is 1.88 bits per heavy atom. The minimum absolute atomic E-state index is 0. The first-order valence-corrected chi connectivity index (χ1v) is 6.36. The van der Waals surface area contributed by atoms with Crippen LogP contribution in [0.25, 0.3) is 0 Å². The summed E-state index contributed by atoms with van der Waals surface area (Å²) in [7, 11) is 0. The Morgan fingerprint density at radius 3 is 2.31 bits per heavy atom. The summed E-state index contributed by atoms with van der Waals surface area (Å²) < 4.78 is 0. The quantitative estimate of drug-likeness (QED) is 0.826. The van der Waals surface area contributed by atoms with Crippen molar-refractivity contribution in [3.63, 3.8) is 0 Å². The van der Waals surface area contributed by atoms with Crippen molar-refractivity contribution in [3.8, 4) is 0 Å². The number of hydrogen-bond acceptors (Lipinski definition) is 2. The lowest BCUT2D eigenvalue weighted by atomic mass is 9.93. The van der Waals surface area contributed by atoms with Crippen molar-refractivity contribution in [2.75, 3.05) is 13.1 Å². The van der Waals surface area contributed by atoms with E-state index in [0.29, 0.717) is 11.9 Å². The van der Waals surface area contributed by atoms with E-state index in [-0.39, 0.29) is 18.4 Å². The molecule has 3 nitrogen and oxygen atoms in total. The highest BCUT2D eigenvalue weighted by atomic mass is 35.5. The summed E-state index contributed by atoms with van der Waals surface area (Å²) in [4.78, 5) is 14.2. The Kier molecular flexibility index (Phi) is 5.56. The van der Waals surface area contributed by atoms with E-state index in [2.05, 4.69) is 17.1 Å². The first-order chi connectivity index (χ1) is 7.33. The highest BCUT2D eigenvalue weighted by Gasteiger charge is 2.32. The first kappa shape index (κ1) is 13.8. The van der Waals surface area contributed by atoms with Gasteiger partial charge in [-0.3, -0.25) is 4.79 Å². The van der Waals surface area contributed by atoms with Crippen LogP contribution in [0.1, 0.15) is 45.4 Å². The van der Waals surface area contributed by atoms with Gasteiger partial charge in [0.05, 0.1) is 6.04 Å². The van der Waals surface area contributed by atoms with E-state index < -0.39 is 0 Å². The van der Waals surface area contributed by atoms with Gasteiger partial charge in [0, 0.05) is 12.6 Å². The van der Waals surface area contributed by atoms with E-state index >= 15 is 0 Å². The zero-order valence-corrected chi connectivity index (χ0v) is 10.9. The van der Waals surface area contributed by atoms with Crippen LogP contribution >= 0.6 is 12.4 Å². The highest BCUT2D eigenvalue weighted by Crippen LogP contribution is 2.23. The Balaban J connectivity index is 0.00000128. The molecule has 1 N–H and O–H groups in total. The van der Waals surface area contributed by atoms with E-state index in [1.165, 1.54) is 32.1 Å². The van der Waals surface area contributed by atoms with Crippen LogP contribution in [0.3, 0.4) is 0 Å². The van der Waals surface area contributed by atoms with Crippen molar-refractivity contribution in [3.05, 3.63) is 0 Å². The van der Waals surface area contributed by atoms with Gasteiger partial charge in [-0.2, -0.15) is 0 Å². The van der Waals surface area contributed by atoms with E-state index in [0.717, 1.165) is 19.5 Å². The van der Waals surface area contributed by atoms with Crippen molar-refractivity contribution in [1.82, 2.24) is 10.2 Å². The number of carbonyl (C=O) groups is 1. The second kappa shape index (κ2) is 6.45. The predicted octanol–water partition coefficient (Wildman–Crippen LogP) is 1.95. The molecular weight excluding hydrogens is 224 g/mol. The lowest BCUT2D eigenvalue weighted by Crippen LogP contribution is -2.56. The molecule has 1 saturated carbocycles. The highest BCUT2D eigenvalue weighted by molar-refractivity contribution is 5.85. The molecule has 0 spiro atoms. The third kappa shape index (κ3) is 2.89. The Morgan fingerprint density at radius 1 is 1.25 bits per heavy atom. The Labute approximate surface area is 104 Å². The van der Waals surface area contributed by atoms with Crippen molar-refractivity contribution in [2.45, 2.75) is 57.5 Å². The van der Waals surface area contributed by atoms with Gasteiger partial charge in [-0.25, -0.2) is 0 Å². The number of halogens is 1. The molecule has 2 fully saturated rings. The van der Waals surface area contributed by atoms with Crippen LogP contribution in [-0.4, -0.2) is 36.0 Å². The predicted molar refractivity (Wildman–Crippen MR) is 67.9 cm³/mol. The van der Waals surface area contributed by atoms with E-state index in [1.807, 2.05) is 0 Å². The fraction of sp³-hybridized carbons (Fsp3) is 0.917. The van der Waals surface area contributed by atoms with Crippen LogP contribution in [-0.2, 0) is 4.79 Å². The van der Waals surface area contributed by atoms with Gasteiger partial charge in [-0.15, -0.1) is 12.4 Å². The molecule has 1 aliphatic heterocycles. The van der Waals surface area contributed by atoms with Crippen LogP contribution < -0.4 is 5.32 Å². The summed E-state index contributed by atoms with van der Waals surface area (Å²) in [5.41, 5.74) is 0. The lowest BCUT2D eigenvalue weighted by molar-refractivity contribution is -0.138. The van der Waals surface area contributed by atoms with Crippen LogP contribution in [0.5, 0.6) is 0 Å². The molecule has 1 atom stereocenters. The average molecular weight is 247 g/mol. The summed E-state index contributed by atoms with van der Waals surface area (Å²) in [6, 6.07) is 0.658. The largest absolute Gasteiger partial charge is 0.339 e. The maximum Gasteiger partial charge on any atom is 0.239 e. The van der Waals surface area contributed by atoms with Crippen molar-refractivity contribution < 1.29 is 4.79 Å². The van der Waals surface area contributed by atoms with Gasteiger partial charge in [0.15, 0.2) is 0 Å². The van der Waals surface area contributed by atoms with Gasteiger partial charge in [0.25, 0.3) is 0 Å². The first-order valence-electron chi connectivity index (χ1n) is 6.36. The maximum absolute atomic E-state index is 12.1. The molecule has 0 unspecified atom stereocenters. The molecule has 0 aromatic heterocycles. The van der Waals surface area contributed by atoms with Crippen LogP contribution in [0.2, 0.25) is 0 Å². The number of nitrogens with one attached hydrogen (secondary N) is 1. The van der Waals surface area contributed by atoms with Gasteiger partial charge in [0.2, 0.25) is 5.91 Å². The molecule has 0 radical (unpaired) electrons. The molecule has 2 rings (SSSR count). The molecule has 4 heteroatoms. The molecule has 0 bridgehead atoms. The second-order valence-electron chi connectivity index (χ2n) is 4.71. The number of likely N-dealkylation sites (N-methyl/N-ethyl adjacent to an activating group) is 1. The second-order valence-corrected chi connectivity index (χ2v) is 4.71. The minimum atomic E-state index is 0. The van der Waals surface area contributed by atoms with E-state index in [1.54, 1.807) is 0 Å². The molecule has 2 aliphatic rings. The van der Waals surface area contributed by atoms with Crippen molar-refractivity contribution in [1.29, 1.82) is 0 Å². The van der Waals surface area contributed by atoms with Crippen molar-refractivity contribution in [2.24, 2.45) is 0 Å². The molecule has 1 amide bonds. The average Bonchev–Trinajstić information content (AvgIpc) is 2.18. The van der Waals surface area contributed by atoms with Gasteiger partial charge in [0.1, 0.15) is 0 Å². The molecular formula is C12H23ClN2O. The third-order valence-corrected chi connectivity index (χ3v) is 3.76. The third-order valence-electron chi connectivity index (χ3n) is 3.76. The topological polar surface area (TPSA) is 32.3 Å². The normalized spacial score (nSPS) is 25.4. The molecule has 1 saturated heterocycles. The summed E-state index contributed by atoms with van der Waals surface area (Å²) in [5, 5.41) is 3.21. The van der Waals surface area contributed by atoms with Crippen LogP contribution in [0, 0.1) is 0 Å². The smallest absolute Gasteiger partial charge is 0.239 e. The van der Waals surface area contributed by atoms with Crippen LogP contribution in [0.15, 0.2) is 0 Å². The zero-order valence-electron chi connectivity index (χ0n) is 10.1. The summed E-state index contributed by atoms with van der Waals surface area (Å²) in [6.45, 7) is 3.99. The molecule has 1 aliphatic carbocycles. The monoisotopic (exact) mass is 246 g/mol. The van der Waals surface area contributed by atoms with E-state index in [9.17, 15) is 4.79 Å². The standard InChI is InChI=1S/C12H22N2O.ClH/c1-2-14(10-6-4-3-5-7-10)12(15)11-8-9-13-11;/h10-11,13H,2-9H2,1H3;1H/t11-;/m1./s1. The van der Waals surface area contributed by atoms with Gasteiger partial charge < -0.3 is 10.2 Å². The maximum atomic E-state index is 12.1. The number of rotatable bonds is 3. The Hall–Kier alpha value is -0.280. The van der Waals surface area contributed by atoms with Gasteiger partial charge >= 0.3 is 0 Å². The molecule has 94 valence electrons. The lowest BCUT2D eigenvalue weighted by Gasteiger charge is -2.38. The molecule has 0 aromatic rings. The molecule has 1 heterocycles. The Bertz CT molecular complexity index is 225. The fourth-order valence-electron chi connectivity index (χ4n) is 2.69. The van der Waals surface area contributed by atoms with Crippen molar-refractivity contribution >= 4 is 18.3 Å². The SMILES string of the molecule is CCN(C(=O)[C@H]1CCN1)C1CCCCC1.Cl. The number of amides is 1.